The fourth-order valence-corrected chi connectivity index (χ4v) is 2.55. The van der Waals surface area contributed by atoms with Crippen molar-refractivity contribution in [2.45, 2.75) is 0 Å². The second-order valence-electron chi connectivity index (χ2n) is 4.66. The highest BCUT2D eigenvalue weighted by molar-refractivity contribution is 8.13. The van der Waals surface area contributed by atoms with Gasteiger partial charge in [0.1, 0.15) is 10.6 Å². The molecule has 1 aromatic heterocycles. The molecule has 0 fully saturated rings. The van der Waals surface area contributed by atoms with E-state index < -0.39 is 5.97 Å². The number of hydrogen-bond acceptors (Lipinski definition) is 7. The van der Waals surface area contributed by atoms with Gasteiger partial charge >= 0.3 is 5.97 Å². The normalized spacial score (nSPS) is 11.8. The molecule has 25 heavy (non-hydrogen) atoms. The summed E-state index contributed by atoms with van der Waals surface area (Å²) >= 11 is 1.39. The molecule has 0 aliphatic rings. The Balaban J connectivity index is 2.43. The van der Waals surface area contributed by atoms with Crippen LogP contribution in [-0.4, -0.2) is 36.5 Å². The van der Waals surface area contributed by atoms with Crippen molar-refractivity contribution in [1.29, 1.82) is 0 Å². The van der Waals surface area contributed by atoms with Crippen molar-refractivity contribution in [2.75, 3.05) is 20.5 Å². The highest BCUT2D eigenvalue weighted by Crippen LogP contribution is 2.25. The third kappa shape index (κ3) is 4.84. The van der Waals surface area contributed by atoms with E-state index in [0.29, 0.717) is 22.1 Å². The van der Waals surface area contributed by atoms with E-state index in [4.69, 9.17) is 14.3 Å². The third-order valence-electron chi connectivity index (χ3n) is 3.14. The van der Waals surface area contributed by atoms with E-state index in [2.05, 4.69) is 10.1 Å². The predicted octanol–water partition coefficient (Wildman–Crippen LogP) is 3.35. The fraction of sp³-hybridized carbons (Fsp3) is 0.167. The van der Waals surface area contributed by atoms with Crippen LogP contribution in [0.25, 0.3) is 5.57 Å². The summed E-state index contributed by atoms with van der Waals surface area (Å²) in [6, 6.07) is 12.6. The molecule has 0 radical (unpaired) electrons. The Morgan fingerprint density at radius 2 is 1.84 bits per heavy atom. The summed E-state index contributed by atoms with van der Waals surface area (Å²) in [4.78, 5) is 21.5. The number of benzene rings is 1. The quantitative estimate of drug-likeness (QED) is 0.197. The molecule has 1 heterocycles. The van der Waals surface area contributed by atoms with Crippen molar-refractivity contribution < 1.29 is 19.1 Å². The molecule has 0 N–H and O–H groups in total. The van der Waals surface area contributed by atoms with Crippen LogP contribution in [-0.2, 0) is 14.3 Å². The Morgan fingerprint density at radius 1 is 1.12 bits per heavy atom. The molecule has 7 heteroatoms. The molecule has 0 bridgehead atoms. The van der Waals surface area contributed by atoms with Gasteiger partial charge in [0.05, 0.1) is 20.5 Å². The average molecular weight is 358 g/mol. The lowest BCUT2D eigenvalue weighted by atomic mass is 10.0. The van der Waals surface area contributed by atoms with Gasteiger partial charge in [-0.1, -0.05) is 35.5 Å². The van der Waals surface area contributed by atoms with Gasteiger partial charge in [0.15, 0.2) is 0 Å². The van der Waals surface area contributed by atoms with E-state index in [1.165, 1.54) is 32.2 Å². The lowest BCUT2D eigenvalue weighted by Gasteiger charge is -2.12. The van der Waals surface area contributed by atoms with E-state index in [9.17, 15) is 4.79 Å². The van der Waals surface area contributed by atoms with Crippen LogP contribution in [0.5, 0.6) is 5.88 Å². The highest BCUT2D eigenvalue weighted by Gasteiger charge is 2.19. The van der Waals surface area contributed by atoms with Crippen LogP contribution in [0.2, 0.25) is 0 Å². The van der Waals surface area contributed by atoms with Gasteiger partial charge in [-0.2, -0.15) is 0 Å². The maximum atomic E-state index is 12.1. The number of carbonyl (C=O) groups is 1. The molecule has 6 nitrogen and oxygen atoms in total. The van der Waals surface area contributed by atoms with E-state index in [-0.39, 0.29) is 0 Å². The highest BCUT2D eigenvalue weighted by atomic mass is 32.2. The Kier molecular flexibility index (Phi) is 7.03. The maximum absolute atomic E-state index is 12.1. The van der Waals surface area contributed by atoms with Gasteiger partial charge in [-0.15, -0.1) is 11.8 Å². The summed E-state index contributed by atoms with van der Waals surface area (Å²) in [5.74, 6) is -0.118. The Bertz CT molecular complexity index is 776. The van der Waals surface area contributed by atoms with Crippen molar-refractivity contribution in [3.63, 3.8) is 0 Å². The number of methoxy groups -OCH3 is 2. The molecule has 0 atom stereocenters. The molecule has 0 amide bonds. The van der Waals surface area contributed by atoms with E-state index in [1.54, 1.807) is 30.5 Å². The Hall–Kier alpha value is -2.80. The molecule has 0 aliphatic heterocycles. The lowest BCUT2D eigenvalue weighted by molar-refractivity contribution is -0.133. The van der Waals surface area contributed by atoms with Crippen molar-refractivity contribution in [2.24, 2.45) is 5.16 Å². The van der Waals surface area contributed by atoms with Gasteiger partial charge in [0, 0.05) is 23.4 Å². The lowest BCUT2D eigenvalue weighted by Crippen LogP contribution is -2.09. The molecular formula is C18H18N2O4S. The number of esters is 1. The number of rotatable bonds is 6. The van der Waals surface area contributed by atoms with Gasteiger partial charge in [-0.25, -0.2) is 9.78 Å². The zero-order chi connectivity index (χ0) is 18.1. The average Bonchev–Trinajstić information content (AvgIpc) is 2.67. The first-order valence-corrected chi connectivity index (χ1v) is 8.54. The van der Waals surface area contributed by atoms with Gasteiger partial charge in [-0.05, 0) is 12.3 Å². The first kappa shape index (κ1) is 18.5. The van der Waals surface area contributed by atoms with Crippen LogP contribution >= 0.6 is 11.8 Å². The number of carbonyl (C=O) groups excluding carboxylic acids is 1. The van der Waals surface area contributed by atoms with Crippen LogP contribution < -0.4 is 4.84 Å². The summed E-state index contributed by atoms with van der Waals surface area (Å²) < 4.78 is 9.87. The zero-order valence-corrected chi connectivity index (χ0v) is 14.9. The summed E-state index contributed by atoms with van der Waals surface area (Å²) in [7, 11) is 2.79. The fourth-order valence-electron chi connectivity index (χ4n) is 2.04. The van der Waals surface area contributed by atoms with E-state index >= 15 is 0 Å². The van der Waals surface area contributed by atoms with Gasteiger partial charge < -0.3 is 14.3 Å². The largest absolute Gasteiger partial charge is 0.503 e. The third-order valence-corrected chi connectivity index (χ3v) is 3.82. The van der Waals surface area contributed by atoms with Crippen LogP contribution in [0, 0.1) is 0 Å². The zero-order valence-electron chi connectivity index (χ0n) is 14.1. The van der Waals surface area contributed by atoms with Crippen molar-refractivity contribution in [1.82, 2.24) is 4.98 Å². The SMILES string of the molecule is COC=C(C(=O)OC)c1ccccc1C(=NOc1ccccn1)SC. The van der Waals surface area contributed by atoms with Crippen LogP contribution in [0.3, 0.4) is 0 Å². The molecule has 0 spiro atoms. The number of oxime groups is 1. The first-order valence-electron chi connectivity index (χ1n) is 7.32. The smallest absolute Gasteiger partial charge is 0.341 e. The minimum Gasteiger partial charge on any atom is -0.503 e. The summed E-state index contributed by atoms with van der Waals surface area (Å²) in [6.45, 7) is 0. The van der Waals surface area contributed by atoms with Gasteiger partial charge in [0.2, 0.25) is 5.88 Å². The van der Waals surface area contributed by atoms with Crippen LogP contribution in [0.1, 0.15) is 11.1 Å². The van der Waals surface area contributed by atoms with Crippen LogP contribution in [0.15, 0.2) is 60.1 Å². The molecule has 2 rings (SSSR count). The number of thioether (sulfide) groups is 1. The predicted molar refractivity (Wildman–Crippen MR) is 98.4 cm³/mol. The van der Waals surface area contributed by atoms with Gasteiger partial charge in [-0.3, -0.25) is 0 Å². The van der Waals surface area contributed by atoms with Crippen molar-refractivity contribution in [3.8, 4) is 5.88 Å². The monoisotopic (exact) mass is 358 g/mol. The van der Waals surface area contributed by atoms with Crippen molar-refractivity contribution in [3.05, 3.63) is 66.1 Å². The summed E-state index contributed by atoms with van der Waals surface area (Å²) in [6.07, 6.45) is 4.84. The molecule has 0 unspecified atom stereocenters. The summed E-state index contributed by atoms with van der Waals surface area (Å²) in [5.41, 5.74) is 1.65. The Morgan fingerprint density at radius 3 is 2.44 bits per heavy atom. The molecule has 0 saturated heterocycles. The number of hydrogen-bond donors (Lipinski definition) is 0. The second-order valence-corrected chi connectivity index (χ2v) is 5.46. The minimum atomic E-state index is -0.500. The minimum absolute atomic E-state index is 0.292. The molecule has 0 saturated carbocycles. The van der Waals surface area contributed by atoms with E-state index in [1.807, 2.05) is 24.5 Å². The maximum Gasteiger partial charge on any atom is 0.341 e. The van der Waals surface area contributed by atoms with Crippen LogP contribution in [0.4, 0.5) is 0 Å². The second kappa shape index (κ2) is 9.48. The molecule has 1 aromatic carbocycles. The molecular weight excluding hydrogens is 340 g/mol. The molecule has 0 aliphatic carbocycles. The standard InChI is InChI=1S/C18H18N2O4S/c1-22-12-15(18(21)23-2)13-8-4-5-9-14(13)17(25-3)20-24-16-10-6-7-11-19-16/h4-12H,1-3H3. The summed E-state index contributed by atoms with van der Waals surface area (Å²) in [5, 5.41) is 4.76. The molecule has 2 aromatic rings. The topological polar surface area (TPSA) is 70.0 Å². The Labute approximate surface area is 150 Å². The number of nitrogens with zero attached hydrogens (tertiary/aromatic N) is 2. The molecule has 130 valence electrons. The van der Waals surface area contributed by atoms with E-state index in [0.717, 1.165) is 5.56 Å². The number of pyridine rings is 1. The van der Waals surface area contributed by atoms with Gasteiger partial charge in [0.25, 0.3) is 0 Å². The van der Waals surface area contributed by atoms with Crippen molar-refractivity contribution >= 4 is 28.3 Å². The first-order chi connectivity index (χ1) is 12.2. The number of aromatic nitrogens is 1. The number of ether oxygens (including phenoxy) is 2.